The molecule has 0 aliphatic heterocycles. The van der Waals surface area contributed by atoms with Crippen LogP contribution in [-0.2, 0) is 9.53 Å². The molecule has 2 N–H and O–H groups in total. The molecule has 0 aliphatic rings. The molecule has 0 aromatic heterocycles. The van der Waals surface area contributed by atoms with Crippen molar-refractivity contribution in [2.24, 2.45) is 0 Å². The van der Waals surface area contributed by atoms with E-state index in [1.807, 2.05) is 13.8 Å². The van der Waals surface area contributed by atoms with Crippen LogP contribution in [0.3, 0.4) is 0 Å². The molecule has 0 bridgehead atoms. The number of halogens is 1. The van der Waals surface area contributed by atoms with Crippen molar-refractivity contribution in [3.8, 4) is 5.75 Å². The Morgan fingerprint density at radius 2 is 2.00 bits per heavy atom. The van der Waals surface area contributed by atoms with E-state index in [4.69, 9.17) is 11.6 Å². The van der Waals surface area contributed by atoms with Gasteiger partial charge in [0.25, 0.3) is 0 Å². The molecule has 0 fully saturated rings. The Morgan fingerprint density at radius 3 is 2.44 bits per heavy atom. The van der Waals surface area contributed by atoms with Gasteiger partial charge in [-0.15, -0.1) is 0 Å². The number of aromatic hydroxyl groups is 1. The third-order valence-corrected chi connectivity index (χ3v) is 3.29. The molecule has 0 saturated carbocycles. The predicted octanol–water partition coefficient (Wildman–Crippen LogP) is 2.68. The summed E-state index contributed by atoms with van der Waals surface area (Å²) in [5.74, 6) is -0.915. The first-order chi connectivity index (χ1) is 8.31. The molecule has 18 heavy (non-hydrogen) atoms. The molecular formula is C13H17ClO4. The van der Waals surface area contributed by atoms with E-state index >= 15 is 0 Å². The zero-order valence-electron chi connectivity index (χ0n) is 10.8. The summed E-state index contributed by atoms with van der Waals surface area (Å²) < 4.78 is 4.47. The fourth-order valence-corrected chi connectivity index (χ4v) is 2.00. The molecular weight excluding hydrogens is 256 g/mol. The molecule has 4 nitrogen and oxygen atoms in total. The Bertz CT molecular complexity index is 469. The van der Waals surface area contributed by atoms with Crippen LogP contribution >= 0.6 is 11.6 Å². The Hall–Kier alpha value is -1.26. The molecule has 100 valence electrons. The number of methoxy groups -OCH3 is 1. The third kappa shape index (κ3) is 2.60. The lowest BCUT2D eigenvalue weighted by Crippen LogP contribution is -2.15. The van der Waals surface area contributed by atoms with Gasteiger partial charge in [-0.3, -0.25) is 0 Å². The first-order valence-electron chi connectivity index (χ1n) is 5.59. The molecule has 0 aliphatic carbocycles. The van der Waals surface area contributed by atoms with Crippen molar-refractivity contribution in [2.75, 3.05) is 7.11 Å². The molecule has 0 spiro atoms. The number of aliphatic hydroxyl groups is 1. The summed E-state index contributed by atoms with van der Waals surface area (Å²) in [7, 11) is 1.17. The van der Waals surface area contributed by atoms with Crippen LogP contribution in [0.5, 0.6) is 5.75 Å². The fourth-order valence-electron chi connectivity index (χ4n) is 1.78. The predicted molar refractivity (Wildman–Crippen MR) is 68.9 cm³/mol. The highest BCUT2D eigenvalue weighted by Crippen LogP contribution is 2.39. The van der Waals surface area contributed by atoms with Gasteiger partial charge in [-0.25, -0.2) is 4.79 Å². The summed E-state index contributed by atoms with van der Waals surface area (Å²) in [5.41, 5.74) is 1.16. The molecule has 1 unspecified atom stereocenters. The van der Waals surface area contributed by atoms with Crippen molar-refractivity contribution < 1.29 is 19.7 Å². The summed E-state index contributed by atoms with van der Waals surface area (Å²) in [4.78, 5) is 11.4. The van der Waals surface area contributed by atoms with Gasteiger partial charge >= 0.3 is 5.97 Å². The van der Waals surface area contributed by atoms with Crippen LogP contribution in [0, 0.1) is 6.92 Å². The molecule has 0 amide bonds. The Kier molecular flexibility index (Phi) is 4.59. The SMILES string of the molecule is COC(=O)C(O)c1c(C)c(Cl)cc(C(C)C)c1O. The minimum Gasteiger partial charge on any atom is -0.507 e. The van der Waals surface area contributed by atoms with E-state index in [1.165, 1.54) is 7.11 Å². The topological polar surface area (TPSA) is 66.8 Å². The second kappa shape index (κ2) is 5.59. The Labute approximate surface area is 111 Å². The number of hydrogen-bond donors (Lipinski definition) is 2. The average molecular weight is 273 g/mol. The zero-order valence-corrected chi connectivity index (χ0v) is 11.6. The van der Waals surface area contributed by atoms with Crippen molar-refractivity contribution in [2.45, 2.75) is 32.8 Å². The maximum absolute atomic E-state index is 11.4. The Morgan fingerprint density at radius 1 is 1.44 bits per heavy atom. The molecule has 1 rings (SSSR count). The van der Waals surface area contributed by atoms with Crippen LogP contribution in [0.2, 0.25) is 5.02 Å². The van der Waals surface area contributed by atoms with Gasteiger partial charge in [-0.05, 0) is 30.0 Å². The zero-order chi connectivity index (χ0) is 14.0. The van der Waals surface area contributed by atoms with E-state index < -0.39 is 12.1 Å². The lowest BCUT2D eigenvalue weighted by molar-refractivity contribution is -0.150. The van der Waals surface area contributed by atoms with E-state index in [9.17, 15) is 15.0 Å². The number of ether oxygens (including phenoxy) is 1. The van der Waals surface area contributed by atoms with E-state index in [0.717, 1.165) is 0 Å². The van der Waals surface area contributed by atoms with Crippen molar-refractivity contribution in [1.29, 1.82) is 0 Å². The number of rotatable bonds is 3. The highest BCUT2D eigenvalue weighted by molar-refractivity contribution is 6.31. The average Bonchev–Trinajstić information content (AvgIpc) is 2.32. The second-order valence-electron chi connectivity index (χ2n) is 4.42. The van der Waals surface area contributed by atoms with Crippen LogP contribution in [0.25, 0.3) is 0 Å². The van der Waals surface area contributed by atoms with Gasteiger partial charge in [-0.2, -0.15) is 0 Å². The normalized spacial score (nSPS) is 12.6. The van der Waals surface area contributed by atoms with Gasteiger partial charge in [0, 0.05) is 10.6 Å². The maximum Gasteiger partial charge on any atom is 0.339 e. The van der Waals surface area contributed by atoms with E-state index in [1.54, 1.807) is 13.0 Å². The fraction of sp³-hybridized carbons (Fsp3) is 0.462. The molecule has 1 aromatic carbocycles. The summed E-state index contributed by atoms with van der Waals surface area (Å²) in [5, 5.41) is 20.4. The van der Waals surface area contributed by atoms with Gasteiger partial charge in [0.1, 0.15) is 5.75 Å². The molecule has 0 saturated heterocycles. The maximum atomic E-state index is 11.4. The first-order valence-corrected chi connectivity index (χ1v) is 5.96. The number of hydrogen-bond acceptors (Lipinski definition) is 4. The van der Waals surface area contributed by atoms with Crippen LogP contribution in [0.15, 0.2) is 6.07 Å². The second-order valence-corrected chi connectivity index (χ2v) is 4.82. The molecule has 1 atom stereocenters. The number of carbonyl (C=O) groups excluding carboxylic acids is 1. The van der Waals surface area contributed by atoms with Gasteiger partial charge < -0.3 is 14.9 Å². The van der Waals surface area contributed by atoms with Crippen LogP contribution in [-0.4, -0.2) is 23.3 Å². The molecule has 1 aromatic rings. The van der Waals surface area contributed by atoms with Crippen molar-refractivity contribution in [3.05, 3.63) is 27.8 Å². The minimum atomic E-state index is -1.54. The number of esters is 1. The molecule has 0 radical (unpaired) electrons. The summed E-state index contributed by atoms with van der Waals surface area (Å²) >= 11 is 6.05. The summed E-state index contributed by atoms with van der Waals surface area (Å²) in [6, 6.07) is 1.64. The highest BCUT2D eigenvalue weighted by atomic mass is 35.5. The number of phenols is 1. The van der Waals surface area contributed by atoms with Crippen LogP contribution in [0.1, 0.15) is 42.6 Å². The minimum absolute atomic E-state index is 0.0201. The quantitative estimate of drug-likeness (QED) is 0.830. The largest absolute Gasteiger partial charge is 0.507 e. The lowest BCUT2D eigenvalue weighted by atomic mass is 9.93. The smallest absolute Gasteiger partial charge is 0.339 e. The van der Waals surface area contributed by atoms with E-state index in [2.05, 4.69) is 4.74 Å². The first kappa shape index (κ1) is 14.8. The van der Waals surface area contributed by atoms with Crippen molar-refractivity contribution in [1.82, 2.24) is 0 Å². The lowest BCUT2D eigenvalue weighted by Gasteiger charge is -2.19. The van der Waals surface area contributed by atoms with Gasteiger partial charge in [-0.1, -0.05) is 25.4 Å². The third-order valence-electron chi connectivity index (χ3n) is 2.89. The monoisotopic (exact) mass is 272 g/mol. The molecule has 0 heterocycles. The summed E-state index contributed by atoms with van der Waals surface area (Å²) in [6.07, 6.45) is -1.54. The molecule has 5 heteroatoms. The van der Waals surface area contributed by atoms with Gasteiger partial charge in [0.2, 0.25) is 0 Å². The number of phenolic OH excluding ortho intramolecular Hbond substituents is 1. The number of aliphatic hydroxyl groups excluding tert-OH is 1. The Balaban J connectivity index is 3.46. The summed E-state index contributed by atoms with van der Waals surface area (Å²) in [6.45, 7) is 5.40. The standard InChI is InChI=1S/C13H17ClO4/c1-6(2)8-5-9(14)7(3)10(11(8)15)12(16)13(17)18-4/h5-6,12,15-16H,1-4H3. The van der Waals surface area contributed by atoms with Gasteiger partial charge in [0.15, 0.2) is 6.10 Å². The van der Waals surface area contributed by atoms with Crippen molar-refractivity contribution >= 4 is 17.6 Å². The van der Waals surface area contributed by atoms with Gasteiger partial charge in [0.05, 0.1) is 7.11 Å². The number of carbonyl (C=O) groups is 1. The van der Waals surface area contributed by atoms with E-state index in [0.29, 0.717) is 16.1 Å². The van der Waals surface area contributed by atoms with Crippen molar-refractivity contribution in [3.63, 3.8) is 0 Å². The highest BCUT2D eigenvalue weighted by Gasteiger charge is 2.27. The van der Waals surface area contributed by atoms with Crippen LogP contribution in [0.4, 0.5) is 0 Å². The van der Waals surface area contributed by atoms with E-state index in [-0.39, 0.29) is 17.2 Å². The number of benzene rings is 1. The van der Waals surface area contributed by atoms with Crippen LogP contribution < -0.4 is 0 Å².